The molecule has 1 aromatic heterocycles. The molecule has 23 heavy (non-hydrogen) atoms. The molecule has 3 rings (SSSR count). The Morgan fingerprint density at radius 1 is 1.26 bits per heavy atom. The van der Waals surface area contributed by atoms with Gasteiger partial charge in [0.1, 0.15) is 5.82 Å². The largest absolute Gasteiger partial charge is 0.378 e. The van der Waals surface area contributed by atoms with Crippen LogP contribution >= 0.6 is 0 Å². The van der Waals surface area contributed by atoms with Gasteiger partial charge in [-0.25, -0.2) is 4.98 Å². The van der Waals surface area contributed by atoms with Crippen molar-refractivity contribution in [1.29, 1.82) is 5.26 Å². The molecule has 6 heteroatoms. The van der Waals surface area contributed by atoms with Gasteiger partial charge < -0.3 is 15.0 Å². The number of amides is 1. The van der Waals surface area contributed by atoms with Crippen LogP contribution in [0.3, 0.4) is 0 Å². The highest BCUT2D eigenvalue weighted by Crippen LogP contribution is 2.17. The number of nitriles is 1. The van der Waals surface area contributed by atoms with Crippen LogP contribution in [0.15, 0.2) is 42.6 Å². The minimum atomic E-state index is -0.284. The predicted octanol–water partition coefficient (Wildman–Crippen LogP) is 2.04. The van der Waals surface area contributed by atoms with E-state index < -0.39 is 0 Å². The van der Waals surface area contributed by atoms with Gasteiger partial charge in [0, 0.05) is 18.7 Å². The molecule has 1 aliphatic rings. The highest BCUT2D eigenvalue weighted by atomic mass is 16.5. The second-order valence-corrected chi connectivity index (χ2v) is 5.15. The fraction of sp³-hybridized carbons (Fsp3) is 0.235. The highest BCUT2D eigenvalue weighted by molar-refractivity contribution is 6.04. The Hall–Kier alpha value is -2.91. The van der Waals surface area contributed by atoms with E-state index >= 15 is 0 Å². The number of anilines is 2. The van der Waals surface area contributed by atoms with Crippen LogP contribution < -0.4 is 10.2 Å². The van der Waals surface area contributed by atoms with E-state index in [4.69, 9.17) is 10.00 Å². The average Bonchev–Trinajstić information content (AvgIpc) is 2.63. The lowest BCUT2D eigenvalue weighted by atomic mass is 10.1. The van der Waals surface area contributed by atoms with Gasteiger partial charge in [-0.3, -0.25) is 4.79 Å². The second kappa shape index (κ2) is 6.90. The molecule has 0 atom stereocenters. The van der Waals surface area contributed by atoms with Crippen molar-refractivity contribution in [3.8, 4) is 6.07 Å². The molecule has 0 unspecified atom stereocenters. The fourth-order valence-electron chi connectivity index (χ4n) is 2.39. The molecule has 2 aromatic rings. The van der Waals surface area contributed by atoms with E-state index in [9.17, 15) is 4.79 Å². The van der Waals surface area contributed by atoms with Crippen LogP contribution in [0.5, 0.6) is 0 Å². The molecule has 1 amide bonds. The topological polar surface area (TPSA) is 78.2 Å². The molecule has 0 aliphatic carbocycles. The van der Waals surface area contributed by atoms with Crippen LogP contribution in [0, 0.1) is 11.3 Å². The predicted molar refractivity (Wildman–Crippen MR) is 86.4 cm³/mol. The average molecular weight is 308 g/mol. The van der Waals surface area contributed by atoms with Gasteiger partial charge in [0.2, 0.25) is 0 Å². The first kappa shape index (κ1) is 15.0. The molecule has 1 saturated heterocycles. The molecule has 1 aliphatic heterocycles. The Balaban J connectivity index is 1.67. The zero-order chi connectivity index (χ0) is 16.1. The summed E-state index contributed by atoms with van der Waals surface area (Å²) in [5.41, 5.74) is 1.90. The first-order valence-electron chi connectivity index (χ1n) is 7.36. The fourth-order valence-corrected chi connectivity index (χ4v) is 2.39. The molecule has 0 saturated carbocycles. The van der Waals surface area contributed by atoms with Crippen LogP contribution in [0.1, 0.15) is 15.9 Å². The maximum Gasteiger partial charge on any atom is 0.256 e. The Bertz CT molecular complexity index is 731. The van der Waals surface area contributed by atoms with E-state index in [1.807, 2.05) is 12.1 Å². The van der Waals surface area contributed by atoms with E-state index in [-0.39, 0.29) is 5.91 Å². The summed E-state index contributed by atoms with van der Waals surface area (Å²) in [6.45, 7) is 3.12. The summed E-state index contributed by atoms with van der Waals surface area (Å²) in [5.74, 6) is 0.197. The summed E-state index contributed by atoms with van der Waals surface area (Å²) in [5, 5.41) is 11.6. The van der Waals surface area contributed by atoms with Gasteiger partial charge in [0.25, 0.3) is 5.91 Å². The first-order valence-corrected chi connectivity index (χ1v) is 7.36. The number of ether oxygens (including phenoxy) is 1. The van der Waals surface area contributed by atoms with Gasteiger partial charge >= 0.3 is 0 Å². The number of hydrogen-bond acceptors (Lipinski definition) is 5. The Morgan fingerprint density at radius 3 is 2.78 bits per heavy atom. The number of nitrogens with one attached hydrogen (secondary N) is 1. The molecule has 0 bridgehead atoms. The first-order chi connectivity index (χ1) is 11.3. The van der Waals surface area contributed by atoms with E-state index in [0.717, 1.165) is 18.8 Å². The number of carbonyl (C=O) groups excluding carboxylic acids is 1. The van der Waals surface area contributed by atoms with Crippen molar-refractivity contribution in [3.05, 3.63) is 53.7 Å². The van der Waals surface area contributed by atoms with Crippen LogP contribution in [-0.4, -0.2) is 37.2 Å². The summed E-state index contributed by atoms with van der Waals surface area (Å²) >= 11 is 0. The zero-order valence-electron chi connectivity index (χ0n) is 12.5. The summed E-state index contributed by atoms with van der Waals surface area (Å²) in [4.78, 5) is 18.7. The third kappa shape index (κ3) is 3.65. The number of hydrogen-bond donors (Lipinski definition) is 1. The molecule has 1 N–H and O–H groups in total. The third-order valence-electron chi connectivity index (χ3n) is 3.62. The minimum absolute atomic E-state index is 0.284. The van der Waals surface area contributed by atoms with E-state index in [0.29, 0.717) is 30.2 Å². The number of aromatic nitrogens is 1. The van der Waals surface area contributed by atoms with Gasteiger partial charge in [-0.15, -0.1) is 0 Å². The molecular formula is C17H16N4O2. The van der Waals surface area contributed by atoms with E-state index in [2.05, 4.69) is 15.2 Å². The summed E-state index contributed by atoms with van der Waals surface area (Å²) in [6.07, 6.45) is 1.74. The van der Waals surface area contributed by atoms with Crippen molar-refractivity contribution in [3.63, 3.8) is 0 Å². The highest BCUT2D eigenvalue weighted by Gasteiger charge is 2.12. The third-order valence-corrected chi connectivity index (χ3v) is 3.62. The van der Waals surface area contributed by atoms with Crippen molar-refractivity contribution in [2.45, 2.75) is 0 Å². The Labute approximate surface area is 134 Å². The SMILES string of the molecule is N#Cc1cccc(C(=O)Nc2ccc(N3CCOCC3)cn2)c1. The lowest BCUT2D eigenvalue weighted by Gasteiger charge is -2.28. The van der Waals surface area contributed by atoms with Crippen LogP contribution in [-0.2, 0) is 4.74 Å². The lowest BCUT2D eigenvalue weighted by molar-refractivity contribution is 0.102. The minimum Gasteiger partial charge on any atom is -0.378 e. The Kier molecular flexibility index (Phi) is 4.50. The van der Waals surface area contributed by atoms with E-state index in [1.165, 1.54) is 0 Å². The second-order valence-electron chi connectivity index (χ2n) is 5.15. The molecule has 1 aromatic carbocycles. The Morgan fingerprint density at radius 2 is 2.09 bits per heavy atom. The quantitative estimate of drug-likeness (QED) is 0.939. The standard InChI is InChI=1S/C17H16N4O2/c18-11-13-2-1-3-14(10-13)17(22)20-16-5-4-15(12-19-16)21-6-8-23-9-7-21/h1-5,10,12H,6-9H2,(H,19,20,22). The number of rotatable bonds is 3. The van der Waals surface area contributed by atoms with Crippen molar-refractivity contribution in [2.75, 3.05) is 36.5 Å². The van der Waals surface area contributed by atoms with Gasteiger partial charge in [-0.05, 0) is 30.3 Å². The number of nitrogens with zero attached hydrogens (tertiary/aromatic N) is 3. The molecule has 2 heterocycles. The van der Waals surface area contributed by atoms with Crippen molar-refractivity contribution >= 4 is 17.4 Å². The van der Waals surface area contributed by atoms with Gasteiger partial charge in [-0.1, -0.05) is 6.07 Å². The van der Waals surface area contributed by atoms with Gasteiger partial charge in [0.05, 0.1) is 36.7 Å². The van der Waals surface area contributed by atoms with Gasteiger partial charge in [-0.2, -0.15) is 5.26 Å². The molecule has 1 fully saturated rings. The van der Waals surface area contributed by atoms with E-state index in [1.54, 1.807) is 36.5 Å². The maximum atomic E-state index is 12.2. The number of pyridine rings is 1. The monoisotopic (exact) mass is 308 g/mol. The maximum absolute atomic E-state index is 12.2. The van der Waals surface area contributed by atoms with Crippen molar-refractivity contribution < 1.29 is 9.53 Å². The van der Waals surface area contributed by atoms with Crippen molar-refractivity contribution in [1.82, 2.24) is 4.98 Å². The lowest BCUT2D eigenvalue weighted by Crippen LogP contribution is -2.36. The number of carbonyl (C=O) groups is 1. The van der Waals surface area contributed by atoms with Crippen molar-refractivity contribution in [2.24, 2.45) is 0 Å². The number of benzene rings is 1. The number of morpholine rings is 1. The molecular weight excluding hydrogens is 292 g/mol. The molecule has 0 spiro atoms. The van der Waals surface area contributed by atoms with Crippen LogP contribution in [0.25, 0.3) is 0 Å². The summed E-state index contributed by atoms with van der Waals surface area (Å²) in [7, 11) is 0. The normalized spacial score (nSPS) is 14.1. The zero-order valence-corrected chi connectivity index (χ0v) is 12.5. The molecule has 6 nitrogen and oxygen atoms in total. The van der Waals surface area contributed by atoms with Gasteiger partial charge in [0.15, 0.2) is 0 Å². The summed E-state index contributed by atoms with van der Waals surface area (Å²) < 4.78 is 5.32. The molecule has 116 valence electrons. The summed E-state index contributed by atoms with van der Waals surface area (Å²) in [6, 6.07) is 12.3. The van der Waals surface area contributed by atoms with Crippen LogP contribution in [0.2, 0.25) is 0 Å². The smallest absolute Gasteiger partial charge is 0.256 e. The molecule has 0 radical (unpaired) electrons. The van der Waals surface area contributed by atoms with Crippen LogP contribution in [0.4, 0.5) is 11.5 Å².